The highest BCUT2D eigenvalue weighted by Gasteiger charge is 2.38. The zero-order valence-electron chi connectivity index (χ0n) is 12.4. The van der Waals surface area contributed by atoms with Crippen molar-refractivity contribution in [2.45, 2.75) is 32.1 Å². The van der Waals surface area contributed by atoms with Gasteiger partial charge in [0.25, 0.3) is 0 Å². The Hall–Kier alpha value is -2.55. The van der Waals surface area contributed by atoms with Crippen LogP contribution in [-0.2, 0) is 16.0 Å². The van der Waals surface area contributed by atoms with E-state index < -0.39 is 36.2 Å². The van der Waals surface area contributed by atoms with E-state index in [0.717, 1.165) is 0 Å². The summed E-state index contributed by atoms with van der Waals surface area (Å²) in [5, 5.41) is 31.2. The van der Waals surface area contributed by atoms with Crippen LogP contribution in [0.3, 0.4) is 0 Å². The Balaban J connectivity index is 2.15. The molecule has 23 heavy (non-hydrogen) atoms. The molecule has 2 rings (SSSR count). The van der Waals surface area contributed by atoms with Crippen LogP contribution in [0.25, 0.3) is 0 Å². The fraction of sp³-hybridized carbons (Fsp3) is 0.357. The average Bonchev–Trinajstić information content (AvgIpc) is 2.45. The topological polar surface area (TPSA) is 133 Å². The molecule has 4 N–H and O–H groups in total. The molecule has 1 aliphatic heterocycles. The number of Topliss-reactive ketones (excluding diaryl/α,β-unsaturated/α-hetero) is 1. The average molecular weight is 321 g/mol. The van der Waals surface area contributed by atoms with Gasteiger partial charge in [0.15, 0.2) is 0 Å². The minimum absolute atomic E-state index is 0.00135. The first-order chi connectivity index (χ1) is 10.8. The number of phenols is 1. The first kappa shape index (κ1) is 16.8. The number of ketones is 1. The molecule has 1 aliphatic rings. The molecule has 1 aromatic carbocycles. The van der Waals surface area contributed by atoms with Crippen LogP contribution in [0.5, 0.6) is 11.5 Å². The van der Waals surface area contributed by atoms with Gasteiger partial charge in [-0.25, -0.2) is 4.79 Å². The minimum atomic E-state index is -1.45. The highest BCUT2D eigenvalue weighted by molar-refractivity contribution is 6.47. The third-order valence-corrected chi connectivity index (χ3v) is 3.50. The number of nitrogens with one attached hydrogen (secondary N) is 1. The maximum atomic E-state index is 11.7. The lowest BCUT2D eigenvalue weighted by molar-refractivity contribution is -0.124. The van der Waals surface area contributed by atoms with Crippen LogP contribution in [0.2, 0.25) is 0 Å². The maximum absolute atomic E-state index is 11.7. The fourth-order valence-electron chi connectivity index (χ4n) is 2.35. The zero-order valence-corrected chi connectivity index (χ0v) is 12.4. The van der Waals surface area contributed by atoms with Gasteiger partial charge in [-0.2, -0.15) is 0 Å². The number of fused-ring (bicyclic) bond motifs is 1. The van der Waals surface area contributed by atoms with Crippen molar-refractivity contribution in [1.29, 1.82) is 0 Å². The van der Waals surface area contributed by atoms with Gasteiger partial charge in [-0.05, 0) is 25.0 Å². The van der Waals surface area contributed by atoms with E-state index in [9.17, 15) is 24.5 Å². The Bertz CT molecular complexity index is 661. The molecule has 0 saturated heterocycles. The minimum Gasteiger partial charge on any atom is -0.534 e. The third kappa shape index (κ3) is 3.81. The number of aromatic hydroxyl groups is 1. The molecule has 1 heterocycles. The molecule has 1 atom stereocenters. The highest BCUT2D eigenvalue weighted by Crippen LogP contribution is 2.35. The van der Waals surface area contributed by atoms with Gasteiger partial charge in [-0.3, -0.25) is 4.79 Å². The zero-order chi connectivity index (χ0) is 17.1. The Morgan fingerprint density at radius 1 is 1.35 bits per heavy atom. The number of carboxylic acid groups (broad SMARTS) is 1. The summed E-state index contributed by atoms with van der Waals surface area (Å²) in [6.45, 7) is 1.38. The summed E-state index contributed by atoms with van der Waals surface area (Å²) in [6.07, 6.45) is 0.243. The van der Waals surface area contributed by atoms with Crippen molar-refractivity contribution in [3.8, 4) is 11.5 Å². The number of amides is 1. The second-order valence-corrected chi connectivity index (χ2v) is 5.34. The van der Waals surface area contributed by atoms with Gasteiger partial charge in [-0.1, -0.05) is 6.07 Å². The standard InChI is InChI=1S/C14H16BNO7/c1-7(17)2-5-11(19)16-10-6-8-3-4-9(18)12(14(20)21)13(8)23-15(10)22/h3-4,10,18,22H,2,5-6H2,1H3,(H,16,19)(H,20,21). The van der Waals surface area contributed by atoms with Crippen LogP contribution in [0.4, 0.5) is 0 Å². The largest absolute Gasteiger partial charge is 0.547 e. The van der Waals surface area contributed by atoms with Crippen molar-refractivity contribution >= 4 is 24.8 Å². The first-order valence-electron chi connectivity index (χ1n) is 7.01. The van der Waals surface area contributed by atoms with Crippen molar-refractivity contribution in [3.63, 3.8) is 0 Å². The van der Waals surface area contributed by atoms with Gasteiger partial charge in [0.05, 0.1) is 5.94 Å². The van der Waals surface area contributed by atoms with Crippen LogP contribution in [0, 0.1) is 0 Å². The summed E-state index contributed by atoms with van der Waals surface area (Å²) in [6, 6.07) is 2.69. The lowest BCUT2D eigenvalue weighted by Gasteiger charge is -2.29. The van der Waals surface area contributed by atoms with Crippen LogP contribution in [0.15, 0.2) is 12.1 Å². The Labute approximate surface area is 132 Å². The molecule has 1 unspecified atom stereocenters. The van der Waals surface area contributed by atoms with Gasteiger partial charge in [0.2, 0.25) is 5.91 Å². The van der Waals surface area contributed by atoms with E-state index in [1.54, 1.807) is 0 Å². The molecule has 1 aromatic rings. The summed E-state index contributed by atoms with van der Waals surface area (Å²) in [5.41, 5.74) is 0.0188. The number of carbonyl (C=O) groups excluding carboxylic acids is 2. The predicted molar refractivity (Wildman–Crippen MR) is 79.2 cm³/mol. The van der Waals surface area contributed by atoms with Crippen LogP contribution < -0.4 is 9.97 Å². The summed E-state index contributed by atoms with van der Waals surface area (Å²) in [7, 11) is -1.45. The van der Waals surface area contributed by atoms with Crippen LogP contribution >= 0.6 is 0 Å². The van der Waals surface area contributed by atoms with E-state index in [2.05, 4.69) is 5.32 Å². The number of rotatable bonds is 5. The molecule has 0 spiro atoms. The first-order valence-corrected chi connectivity index (χ1v) is 7.01. The molecule has 0 bridgehead atoms. The molecule has 0 aliphatic carbocycles. The highest BCUT2D eigenvalue weighted by atomic mass is 16.5. The quantitative estimate of drug-likeness (QED) is 0.556. The molecule has 122 valence electrons. The number of carboxylic acids is 1. The number of aromatic carboxylic acids is 1. The Kier molecular flexibility index (Phi) is 4.90. The Morgan fingerprint density at radius 3 is 2.65 bits per heavy atom. The molecule has 8 nitrogen and oxygen atoms in total. The number of hydrogen-bond donors (Lipinski definition) is 4. The molecule has 9 heteroatoms. The monoisotopic (exact) mass is 321 g/mol. The fourth-order valence-corrected chi connectivity index (χ4v) is 2.35. The van der Waals surface area contributed by atoms with Gasteiger partial charge in [-0.15, -0.1) is 0 Å². The molecular weight excluding hydrogens is 305 g/mol. The molecule has 0 aromatic heterocycles. The van der Waals surface area contributed by atoms with Crippen molar-refractivity contribution < 1.29 is 34.3 Å². The molecule has 1 amide bonds. The lowest BCUT2D eigenvalue weighted by Crippen LogP contribution is -2.53. The summed E-state index contributed by atoms with van der Waals surface area (Å²) < 4.78 is 5.18. The Morgan fingerprint density at radius 2 is 2.04 bits per heavy atom. The number of carbonyl (C=O) groups is 3. The molecule has 0 saturated carbocycles. The summed E-state index contributed by atoms with van der Waals surface area (Å²) in [4.78, 5) is 33.8. The second-order valence-electron chi connectivity index (χ2n) is 5.34. The van der Waals surface area contributed by atoms with Crippen molar-refractivity contribution in [2.75, 3.05) is 0 Å². The number of benzene rings is 1. The van der Waals surface area contributed by atoms with Crippen molar-refractivity contribution in [3.05, 3.63) is 23.3 Å². The molecule has 0 radical (unpaired) electrons. The van der Waals surface area contributed by atoms with Gasteiger partial charge in [0, 0.05) is 12.8 Å². The predicted octanol–water partition coefficient (Wildman–Crippen LogP) is -0.101. The van der Waals surface area contributed by atoms with Crippen molar-refractivity contribution in [2.24, 2.45) is 0 Å². The van der Waals surface area contributed by atoms with E-state index in [0.29, 0.717) is 5.56 Å². The third-order valence-electron chi connectivity index (χ3n) is 3.50. The van der Waals surface area contributed by atoms with E-state index >= 15 is 0 Å². The van der Waals surface area contributed by atoms with Gasteiger partial charge < -0.3 is 30.0 Å². The summed E-state index contributed by atoms with van der Waals surface area (Å²) >= 11 is 0. The smallest absolute Gasteiger partial charge is 0.534 e. The number of hydrogen-bond acceptors (Lipinski definition) is 6. The van der Waals surface area contributed by atoms with E-state index in [1.807, 2.05) is 0 Å². The molecular formula is C14H16BNO7. The van der Waals surface area contributed by atoms with E-state index in [1.165, 1.54) is 19.1 Å². The molecule has 0 fully saturated rings. The van der Waals surface area contributed by atoms with Gasteiger partial charge in [0.1, 0.15) is 22.8 Å². The summed E-state index contributed by atoms with van der Waals surface area (Å²) in [5.74, 6) is -3.25. The van der Waals surface area contributed by atoms with Crippen LogP contribution in [-0.4, -0.2) is 46.0 Å². The van der Waals surface area contributed by atoms with E-state index in [4.69, 9.17) is 9.76 Å². The maximum Gasteiger partial charge on any atom is 0.547 e. The second kappa shape index (κ2) is 6.70. The lowest BCUT2D eigenvalue weighted by atomic mass is 9.72. The van der Waals surface area contributed by atoms with Crippen LogP contribution in [0.1, 0.15) is 35.7 Å². The van der Waals surface area contributed by atoms with Gasteiger partial charge >= 0.3 is 13.1 Å². The normalized spacial score (nSPS) is 16.3. The SMILES string of the molecule is CC(=O)CCC(=O)NC1Cc2ccc(O)c(C(=O)O)c2OB1O. The van der Waals surface area contributed by atoms with Crippen molar-refractivity contribution in [1.82, 2.24) is 5.32 Å². The van der Waals surface area contributed by atoms with E-state index in [-0.39, 0.29) is 30.8 Å².